The van der Waals surface area contributed by atoms with E-state index in [1.807, 2.05) is 29.0 Å². The summed E-state index contributed by atoms with van der Waals surface area (Å²) < 4.78 is 0. The first kappa shape index (κ1) is 15.8. The average Bonchev–Trinajstić information content (AvgIpc) is 3.18. The molecule has 3 rings (SSSR count). The molecular formula is C16H16N4OS2. The van der Waals surface area contributed by atoms with Gasteiger partial charge in [-0.05, 0) is 12.1 Å². The first-order chi connectivity index (χ1) is 11.1. The van der Waals surface area contributed by atoms with Crippen LogP contribution in [0.15, 0.2) is 35.2 Å². The topological polar surface area (TPSA) is 67.8 Å². The number of nitrogens with one attached hydrogen (secondary N) is 1. The van der Waals surface area contributed by atoms with Crippen molar-refractivity contribution in [3.63, 3.8) is 0 Å². The molecule has 3 aromatic heterocycles. The number of hydrogen-bond donors (Lipinski definition) is 1. The lowest BCUT2D eigenvalue weighted by Crippen LogP contribution is -2.14. The van der Waals surface area contributed by atoms with E-state index in [0.717, 1.165) is 22.1 Å². The molecule has 0 saturated carbocycles. The van der Waals surface area contributed by atoms with E-state index in [1.54, 1.807) is 17.5 Å². The van der Waals surface area contributed by atoms with E-state index in [1.165, 1.54) is 11.3 Å². The summed E-state index contributed by atoms with van der Waals surface area (Å²) in [5.74, 6) is 0.282. The van der Waals surface area contributed by atoms with Crippen LogP contribution in [0.3, 0.4) is 0 Å². The van der Waals surface area contributed by atoms with Crippen molar-refractivity contribution >= 4 is 33.7 Å². The van der Waals surface area contributed by atoms with Gasteiger partial charge >= 0.3 is 0 Å². The fourth-order valence-corrected chi connectivity index (χ4v) is 3.52. The predicted molar refractivity (Wildman–Crippen MR) is 93.9 cm³/mol. The van der Waals surface area contributed by atoms with Crippen LogP contribution >= 0.6 is 22.7 Å². The van der Waals surface area contributed by atoms with Gasteiger partial charge in [-0.2, -0.15) is 0 Å². The molecule has 0 atom stereocenters. The summed E-state index contributed by atoms with van der Waals surface area (Å²) in [5, 5.41) is 8.29. The normalized spacial score (nSPS) is 10.9. The van der Waals surface area contributed by atoms with Crippen LogP contribution in [0.4, 0.5) is 5.13 Å². The predicted octanol–water partition coefficient (Wildman–Crippen LogP) is 3.97. The van der Waals surface area contributed by atoms with Crippen LogP contribution in [-0.4, -0.2) is 20.9 Å². The second-order valence-electron chi connectivity index (χ2n) is 5.31. The smallest absolute Gasteiger partial charge is 0.232 e. The summed E-state index contributed by atoms with van der Waals surface area (Å²) in [6.45, 7) is 4.19. The molecule has 1 N–H and O–H groups in total. The van der Waals surface area contributed by atoms with E-state index in [9.17, 15) is 4.79 Å². The Morgan fingerprint density at radius 2 is 2.04 bits per heavy atom. The summed E-state index contributed by atoms with van der Waals surface area (Å²) in [7, 11) is 0. The van der Waals surface area contributed by atoms with Crippen LogP contribution in [0.25, 0.3) is 11.4 Å². The molecule has 0 aliphatic rings. The Bertz CT molecular complexity index is 795. The molecule has 23 heavy (non-hydrogen) atoms. The van der Waals surface area contributed by atoms with Gasteiger partial charge in [0.05, 0.1) is 22.8 Å². The molecule has 3 aromatic rings. The van der Waals surface area contributed by atoms with Crippen molar-refractivity contribution in [1.29, 1.82) is 0 Å². The Labute approximate surface area is 142 Å². The highest BCUT2D eigenvalue weighted by Crippen LogP contribution is 2.23. The Morgan fingerprint density at radius 3 is 2.74 bits per heavy atom. The van der Waals surface area contributed by atoms with Gasteiger partial charge in [-0.1, -0.05) is 19.9 Å². The molecule has 0 radical (unpaired) electrons. The highest BCUT2D eigenvalue weighted by Gasteiger charge is 2.12. The van der Waals surface area contributed by atoms with Crippen LogP contribution in [0.2, 0.25) is 0 Å². The van der Waals surface area contributed by atoms with E-state index in [4.69, 9.17) is 0 Å². The van der Waals surface area contributed by atoms with Crippen molar-refractivity contribution < 1.29 is 4.79 Å². The van der Waals surface area contributed by atoms with Gasteiger partial charge in [-0.25, -0.2) is 9.97 Å². The number of amides is 1. The van der Waals surface area contributed by atoms with Crippen LogP contribution in [0.5, 0.6) is 0 Å². The molecule has 5 nitrogen and oxygen atoms in total. The molecule has 3 heterocycles. The molecule has 0 unspecified atom stereocenters. The molecule has 0 saturated heterocycles. The lowest BCUT2D eigenvalue weighted by molar-refractivity contribution is -0.115. The average molecular weight is 344 g/mol. The quantitative estimate of drug-likeness (QED) is 0.760. The third-order valence-corrected chi connectivity index (χ3v) is 5.03. The van der Waals surface area contributed by atoms with Crippen LogP contribution in [0, 0.1) is 0 Å². The molecule has 0 aromatic carbocycles. The number of nitrogens with zero attached hydrogens (tertiary/aromatic N) is 3. The third-order valence-electron chi connectivity index (χ3n) is 3.08. The molecule has 118 valence electrons. The highest BCUT2D eigenvalue weighted by atomic mass is 32.1. The first-order valence-electron chi connectivity index (χ1n) is 7.23. The fraction of sp³-hybridized carbons (Fsp3) is 0.250. The maximum Gasteiger partial charge on any atom is 0.232 e. The van der Waals surface area contributed by atoms with Gasteiger partial charge in [0.15, 0.2) is 5.13 Å². The SMILES string of the molecule is CC(C)c1nc(CC(=O)Nc2nc(-c3ccccn3)cs2)cs1. The number of thiazole rings is 2. The minimum absolute atomic E-state index is 0.104. The van der Waals surface area contributed by atoms with Gasteiger partial charge < -0.3 is 5.32 Å². The maximum absolute atomic E-state index is 12.1. The Morgan fingerprint density at radius 1 is 1.17 bits per heavy atom. The number of rotatable bonds is 5. The zero-order valence-electron chi connectivity index (χ0n) is 12.8. The Kier molecular flexibility index (Phi) is 4.78. The second kappa shape index (κ2) is 6.97. The zero-order valence-corrected chi connectivity index (χ0v) is 14.4. The lowest BCUT2D eigenvalue weighted by Gasteiger charge is -2.00. The summed E-state index contributed by atoms with van der Waals surface area (Å²) >= 11 is 2.99. The monoisotopic (exact) mass is 344 g/mol. The minimum Gasteiger partial charge on any atom is -0.302 e. The van der Waals surface area contributed by atoms with Crippen LogP contribution in [0.1, 0.15) is 30.5 Å². The third kappa shape index (κ3) is 4.00. The van der Waals surface area contributed by atoms with E-state index in [2.05, 4.69) is 34.1 Å². The van der Waals surface area contributed by atoms with Gasteiger partial charge in [-0.3, -0.25) is 9.78 Å². The van der Waals surface area contributed by atoms with Gasteiger partial charge in [-0.15, -0.1) is 22.7 Å². The minimum atomic E-state index is -0.104. The standard InChI is InChI=1S/C16H16N4OS2/c1-10(2)15-18-11(8-22-15)7-14(21)20-16-19-13(9-23-16)12-5-3-4-6-17-12/h3-6,8-10H,7H2,1-2H3,(H,19,20,21). The molecule has 1 amide bonds. The van der Waals surface area contributed by atoms with Gasteiger partial charge in [0.2, 0.25) is 5.91 Å². The van der Waals surface area contributed by atoms with Gasteiger partial charge in [0.1, 0.15) is 5.69 Å². The molecule has 7 heteroatoms. The number of carbonyl (C=O) groups excluding carboxylic acids is 1. The summed E-state index contributed by atoms with van der Waals surface area (Å²) in [4.78, 5) is 25.2. The van der Waals surface area contributed by atoms with Gasteiger partial charge in [0.25, 0.3) is 0 Å². The van der Waals surface area contributed by atoms with Crippen molar-refractivity contribution in [2.45, 2.75) is 26.2 Å². The molecule has 0 spiro atoms. The molecule has 0 bridgehead atoms. The Balaban J connectivity index is 1.63. The largest absolute Gasteiger partial charge is 0.302 e. The van der Waals surface area contributed by atoms with E-state index in [-0.39, 0.29) is 12.3 Å². The van der Waals surface area contributed by atoms with Crippen LogP contribution < -0.4 is 5.32 Å². The van der Waals surface area contributed by atoms with Crippen molar-refractivity contribution in [1.82, 2.24) is 15.0 Å². The number of pyridine rings is 1. The maximum atomic E-state index is 12.1. The number of hydrogen-bond acceptors (Lipinski definition) is 6. The van der Waals surface area contributed by atoms with Crippen molar-refractivity contribution in [3.05, 3.63) is 45.9 Å². The molecule has 0 aliphatic carbocycles. The molecular weight excluding hydrogens is 328 g/mol. The fourth-order valence-electron chi connectivity index (χ4n) is 1.96. The van der Waals surface area contributed by atoms with E-state index >= 15 is 0 Å². The van der Waals surface area contributed by atoms with Crippen molar-refractivity contribution in [3.8, 4) is 11.4 Å². The summed E-state index contributed by atoms with van der Waals surface area (Å²) in [6.07, 6.45) is 1.99. The van der Waals surface area contributed by atoms with Crippen molar-refractivity contribution in [2.75, 3.05) is 5.32 Å². The second-order valence-corrected chi connectivity index (χ2v) is 7.06. The van der Waals surface area contributed by atoms with Crippen molar-refractivity contribution in [2.24, 2.45) is 0 Å². The van der Waals surface area contributed by atoms with E-state index in [0.29, 0.717) is 11.0 Å². The number of aromatic nitrogens is 3. The summed E-state index contributed by atoms with van der Waals surface area (Å²) in [5.41, 5.74) is 2.37. The van der Waals surface area contributed by atoms with E-state index < -0.39 is 0 Å². The first-order valence-corrected chi connectivity index (χ1v) is 8.99. The van der Waals surface area contributed by atoms with Crippen LogP contribution in [-0.2, 0) is 11.2 Å². The zero-order chi connectivity index (χ0) is 16.2. The van der Waals surface area contributed by atoms with Gasteiger partial charge in [0, 0.05) is 22.9 Å². The lowest BCUT2D eigenvalue weighted by atomic mass is 10.2. The Hall–Kier alpha value is -2.12. The summed E-state index contributed by atoms with van der Waals surface area (Å²) in [6, 6.07) is 5.66. The number of anilines is 1. The number of carbonyl (C=O) groups is 1. The molecule has 0 aliphatic heterocycles. The molecule has 0 fully saturated rings. The highest BCUT2D eigenvalue weighted by molar-refractivity contribution is 7.14.